The molecule has 94 valence electrons. The predicted octanol–water partition coefficient (Wildman–Crippen LogP) is 6.04. The number of rotatable bonds is 3. The van der Waals surface area contributed by atoms with Gasteiger partial charge in [-0.1, -0.05) is 62.3 Å². The first-order chi connectivity index (χ1) is 7.61. The minimum absolute atomic E-state index is 1.20. The Bertz CT molecular complexity index is 222. The third-order valence-electron chi connectivity index (χ3n) is 3.18. The van der Waals surface area contributed by atoms with Gasteiger partial charge in [0.1, 0.15) is 0 Å². The first kappa shape index (κ1) is 15.5. The van der Waals surface area contributed by atoms with Gasteiger partial charge in [0, 0.05) is 0 Å². The maximum Gasteiger partial charge on any atom is -0.0134 e. The summed E-state index contributed by atoms with van der Waals surface area (Å²) in [5.74, 6) is 0. The highest BCUT2D eigenvalue weighted by molar-refractivity contribution is 5.21. The molecule has 0 nitrogen and oxygen atoms in total. The van der Waals surface area contributed by atoms with Gasteiger partial charge >= 0.3 is 0 Å². The minimum Gasteiger partial charge on any atom is -0.0815 e. The molecule has 1 aliphatic carbocycles. The van der Waals surface area contributed by atoms with E-state index in [9.17, 15) is 0 Å². The summed E-state index contributed by atoms with van der Waals surface area (Å²) in [4.78, 5) is 0. The summed E-state index contributed by atoms with van der Waals surface area (Å²) >= 11 is 0. The van der Waals surface area contributed by atoms with Gasteiger partial charge in [-0.15, -0.1) is 0 Å². The van der Waals surface area contributed by atoms with Crippen molar-refractivity contribution in [1.82, 2.24) is 0 Å². The van der Waals surface area contributed by atoms with Crippen molar-refractivity contribution in [3.63, 3.8) is 0 Å². The molecule has 0 aromatic rings. The van der Waals surface area contributed by atoms with Crippen LogP contribution >= 0.6 is 0 Å². The quantitative estimate of drug-likeness (QED) is 0.403. The Labute approximate surface area is 103 Å². The van der Waals surface area contributed by atoms with Gasteiger partial charge in [0.05, 0.1) is 0 Å². The average molecular weight is 222 g/mol. The Balaban J connectivity index is 0.000000325. The van der Waals surface area contributed by atoms with Crippen LogP contribution in [0.3, 0.4) is 0 Å². The molecule has 1 aliphatic rings. The maximum absolute atomic E-state index is 2.35. The van der Waals surface area contributed by atoms with E-state index in [1.165, 1.54) is 50.5 Å². The third-order valence-corrected chi connectivity index (χ3v) is 3.18. The third kappa shape index (κ3) is 7.73. The van der Waals surface area contributed by atoms with E-state index in [1.54, 1.807) is 11.1 Å². The zero-order chi connectivity index (χ0) is 12.4. The Morgan fingerprint density at radius 1 is 1.06 bits per heavy atom. The summed E-state index contributed by atoms with van der Waals surface area (Å²) in [6, 6.07) is 0. The molecule has 0 spiro atoms. The molecular weight excluding hydrogens is 192 g/mol. The van der Waals surface area contributed by atoms with E-state index in [0.717, 1.165) is 0 Å². The fourth-order valence-corrected chi connectivity index (χ4v) is 1.80. The predicted molar refractivity (Wildman–Crippen MR) is 75.8 cm³/mol. The van der Waals surface area contributed by atoms with Gasteiger partial charge in [-0.25, -0.2) is 0 Å². The van der Waals surface area contributed by atoms with Crippen LogP contribution in [0.25, 0.3) is 0 Å². The number of allylic oxidation sites excluding steroid dienone is 4. The van der Waals surface area contributed by atoms with E-state index in [4.69, 9.17) is 0 Å². The van der Waals surface area contributed by atoms with Crippen LogP contribution in [0.1, 0.15) is 79.6 Å². The summed E-state index contributed by atoms with van der Waals surface area (Å²) < 4.78 is 0. The van der Waals surface area contributed by atoms with Crippen LogP contribution in [-0.2, 0) is 0 Å². The Morgan fingerprint density at radius 2 is 1.62 bits per heavy atom. The van der Waals surface area contributed by atoms with E-state index >= 15 is 0 Å². The molecule has 0 fully saturated rings. The van der Waals surface area contributed by atoms with Crippen LogP contribution in [0.2, 0.25) is 0 Å². The fourth-order valence-electron chi connectivity index (χ4n) is 1.80. The van der Waals surface area contributed by atoms with Crippen molar-refractivity contribution in [2.24, 2.45) is 0 Å². The first-order valence-corrected chi connectivity index (χ1v) is 6.92. The van der Waals surface area contributed by atoms with Crippen LogP contribution in [0.5, 0.6) is 0 Å². The lowest BCUT2D eigenvalue weighted by Gasteiger charge is -2.13. The Hall–Kier alpha value is -0.520. The normalized spacial score (nSPS) is 15.1. The molecular formula is C16H30. The van der Waals surface area contributed by atoms with Gasteiger partial charge in [-0.2, -0.15) is 0 Å². The van der Waals surface area contributed by atoms with Crippen molar-refractivity contribution >= 4 is 0 Å². The fraction of sp³-hybridized carbons (Fsp3) is 0.750. The summed E-state index contributed by atoms with van der Waals surface area (Å²) in [6.45, 7) is 11.1. The molecule has 0 heterocycles. The van der Waals surface area contributed by atoms with E-state index in [2.05, 4.69) is 40.7 Å². The van der Waals surface area contributed by atoms with Crippen molar-refractivity contribution in [3.05, 3.63) is 22.8 Å². The molecule has 0 amide bonds. The second kappa shape index (κ2) is 9.69. The Kier molecular flexibility index (Phi) is 9.37. The topological polar surface area (TPSA) is 0 Å². The zero-order valence-corrected chi connectivity index (χ0v) is 12.0. The molecule has 0 aromatic carbocycles. The molecule has 16 heavy (non-hydrogen) atoms. The highest BCUT2D eigenvalue weighted by Crippen LogP contribution is 2.24. The molecule has 0 saturated carbocycles. The standard InChI is InChI=1S/C10H16.C6H14/c1-8(2)10-6-4-9(3)5-7-10;1-3-5-6-4-2/h4H,5-7H2,1-3H3;3-6H2,1-2H3. The summed E-state index contributed by atoms with van der Waals surface area (Å²) in [5, 5.41) is 0. The minimum atomic E-state index is 1.20. The molecule has 0 saturated heterocycles. The summed E-state index contributed by atoms with van der Waals surface area (Å²) in [6.07, 6.45) is 11.7. The van der Waals surface area contributed by atoms with E-state index in [-0.39, 0.29) is 0 Å². The SMILES string of the molecule is CC1=CCC(=C(C)C)CC1.CCCCCC. The van der Waals surface area contributed by atoms with Gasteiger partial charge in [-0.3, -0.25) is 0 Å². The van der Waals surface area contributed by atoms with Gasteiger partial charge in [-0.05, 0) is 40.0 Å². The van der Waals surface area contributed by atoms with Crippen molar-refractivity contribution in [2.75, 3.05) is 0 Å². The summed E-state index contributed by atoms with van der Waals surface area (Å²) in [7, 11) is 0. The molecule has 0 aliphatic heterocycles. The van der Waals surface area contributed by atoms with Gasteiger partial charge in [0.15, 0.2) is 0 Å². The highest BCUT2D eigenvalue weighted by atomic mass is 14.1. The molecule has 0 heteroatoms. The molecule has 0 unspecified atom stereocenters. The van der Waals surface area contributed by atoms with Gasteiger partial charge in [0.2, 0.25) is 0 Å². The van der Waals surface area contributed by atoms with E-state index in [0.29, 0.717) is 0 Å². The molecule has 0 radical (unpaired) electrons. The van der Waals surface area contributed by atoms with Gasteiger partial charge in [0.25, 0.3) is 0 Å². The van der Waals surface area contributed by atoms with Crippen LogP contribution in [0.4, 0.5) is 0 Å². The van der Waals surface area contributed by atoms with Crippen molar-refractivity contribution < 1.29 is 0 Å². The van der Waals surface area contributed by atoms with Crippen molar-refractivity contribution in [1.29, 1.82) is 0 Å². The molecule has 1 rings (SSSR count). The number of unbranched alkanes of at least 4 members (excludes halogenated alkanes) is 3. The van der Waals surface area contributed by atoms with Gasteiger partial charge < -0.3 is 0 Å². The first-order valence-electron chi connectivity index (χ1n) is 6.92. The lowest BCUT2D eigenvalue weighted by molar-refractivity contribution is 0.702. The van der Waals surface area contributed by atoms with Crippen LogP contribution in [0, 0.1) is 0 Å². The van der Waals surface area contributed by atoms with Crippen LogP contribution in [-0.4, -0.2) is 0 Å². The molecule has 0 N–H and O–H groups in total. The molecule has 0 aromatic heterocycles. The highest BCUT2D eigenvalue weighted by Gasteiger charge is 2.04. The zero-order valence-electron chi connectivity index (χ0n) is 12.0. The second-order valence-electron chi connectivity index (χ2n) is 5.07. The molecule has 0 atom stereocenters. The van der Waals surface area contributed by atoms with Crippen LogP contribution in [0.15, 0.2) is 22.8 Å². The molecule has 0 bridgehead atoms. The largest absolute Gasteiger partial charge is 0.0815 e. The van der Waals surface area contributed by atoms with E-state index in [1.807, 2.05) is 0 Å². The lowest BCUT2D eigenvalue weighted by Crippen LogP contribution is -1.93. The van der Waals surface area contributed by atoms with Crippen molar-refractivity contribution in [3.8, 4) is 0 Å². The number of hydrogen-bond donors (Lipinski definition) is 0. The Morgan fingerprint density at radius 3 is 1.94 bits per heavy atom. The summed E-state index contributed by atoms with van der Waals surface area (Å²) in [5.41, 5.74) is 4.72. The monoisotopic (exact) mass is 222 g/mol. The van der Waals surface area contributed by atoms with Crippen LogP contribution < -0.4 is 0 Å². The average Bonchev–Trinajstić information content (AvgIpc) is 2.28. The second-order valence-corrected chi connectivity index (χ2v) is 5.07. The smallest absolute Gasteiger partial charge is 0.0134 e. The number of hydrogen-bond acceptors (Lipinski definition) is 0. The van der Waals surface area contributed by atoms with Crippen molar-refractivity contribution in [2.45, 2.75) is 79.6 Å². The lowest BCUT2D eigenvalue weighted by atomic mass is 9.93. The van der Waals surface area contributed by atoms with E-state index < -0.39 is 0 Å². The maximum atomic E-state index is 2.35.